The molecule has 0 unspecified atom stereocenters. The first kappa shape index (κ1) is 20.5. The van der Waals surface area contributed by atoms with Gasteiger partial charge in [-0.25, -0.2) is 4.39 Å². The normalized spacial score (nSPS) is 11.2. The maximum atomic E-state index is 14.4. The second-order valence-corrected chi connectivity index (χ2v) is 5.95. The molecule has 0 aliphatic rings. The van der Waals surface area contributed by atoms with Crippen molar-refractivity contribution in [1.82, 2.24) is 4.57 Å². The van der Waals surface area contributed by atoms with E-state index in [2.05, 4.69) is 0 Å². The smallest absolute Gasteiger partial charge is 0.431 e. The number of halogens is 5. The summed E-state index contributed by atoms with van der Waals surface area (Å²) in [5.74, 6) is -1.56. The van der Waals surface area contributed by atoms with Gasteiger partial charge in [0.2, 0.25) is 0 Å². The Bertz CT molecular complexity index is 1020. The summed E-state index contributed by atoms with van der Waals surface area (Å²) in [6.07, 6.45) is -4.88. The summed E-state index contributed by atoms with van der Waals surface area (Å²) < 4.78 is 58.9. The van der Waals surface area contributed by atoms with Crippen molar-refractivity contribution in [2.75, 3.05) is 6.61 Å². The number of carbonyl (C=O) groups is 1. The van der Waals surface area contributed by atoms with Crippen LogP contribution in [0.15, 0.2) is 23.0 Å². The van der Waals surface area contributed by atoms with Crippen LogP contribution in [0.25, 0.3) is 11.1 Å². The van der Waals surface area contributed by atoms with Gasteiger partial charge in [0.1, 0.15) is 29.9 Å². The number of nitriles is 1. The van der Waals surface area contributed by atoms with Gasteiger partial charge in [0, 0.05) is 12.6 Å². The fourth-order valence-corrected chi connectivity index (χ4v) is 2.53. The molecule has 0 N–H and O–H groups in total. The van der Waals surface area contributed by atoms with Crippen LogP contribution in [0.5, 0.6) is 5.75 Å². The van der Waals surface area contributed by atoms with Crippen molar-refractivity contribution in [3.05, 3.63) is 50.7 Å². The zero-order valence-electron chi connectivity index (χ0n) is 13.9. The first-order valence-electron chi connectivity index (χ1n) is 7.30. The van der Waals surface area contributed by atoms with Crippen LogP contribution in [0, 0.1) is 17.1 Å². The van der Waals surface area contributed by atoms with Crippen molar-refractivity contribution in [3.63, 3.8) is 0 Å². The van der Waals surface area contributed by atoms with Crippen LogP contribution in [0.2, 0.25) is 5.02 Å². The van der Waals surface area contributed by atoms with E-state index in [1.807, 2.05) is 0 Å². The van der Waals surface area contributed by atoms with Gasteiger partial charge in [-0.3, -0.25) is 9.59 Å². The third-order valence-corrected chi connectivity index (χ3v) is 3.86. The molecule has 1 heterocycles. The van der Waals surface area contributed by atoms with Crippen LogP contribution in [0.4, 0.5) is 17.6 Å². The number of ether oxygens (including phenoxy) is 1. The molecule has 27 heavy (non-hydrogen) atoms. The van der Waals surface area contributed by atoms with Gasteiger partial charge in [-0.05, 0) is 25.1 Å². The van der Waals surface area contributed by atoms with Crippen LogP contribution < -0.4 is 10.3 Å². The summed E-state index contributed by atoms with van der Waals surface area (Å²) in [6.45, 7) is 0.846. The predicted octanol–water partition coefficient (Wildman–Crippen LogP) is 3.70. The number of benzene rings is 1. The molecular formula is C17H11ClF4N2O3. The van der Waals surface area contributed by atoms with Crippen molar-refractivity contribution in [2.24, 2.45) is 7.05 Å². The Hall–Kier alpha value is -2.86. The Labute approximate surface area is 155 Å². The van der Waals surface area contributed by atoms with Gasteiger partial charge in [0.25, 0.3) is 5.56 Å². The summed E-state index contributed by atoms with van der Waals surface area (Å²) in [7, 11) is 0.858. The number of alkyl halides is 3. The van der Waals surface area contributed by atoms with Crippen LogP contribution in [0.1, 0.15) is 18.2 Å². The number of aromatic nitrogens is 1. The monoisotopic (exact) mass is 402 g/mol. The largest absolute Gasteiger partial charge is 0.484 e. The lowest BCUT2D eigenvalue weighted by molar-refractivity contribution is -0.143. The van der Waals surface area contributed by atoms with Crippen molar-refractivity contribution < 1.29 is 27.1 Å². The highest BCUT2D eigenvalue weighted by molar-refractivity contribution is 6.32. The van der Waals surface area contributed by atoms with E-state index in [1.165, 1.54) is 13.0 Å². The molecule has 0 fully saturated rings. The van der Waals surface area contributed by atoms with Crippen molar-refractivity contribution in [3.8, 4) is 22.9 Å². The summed E-state index contributed by atoms with van der Waals surface area (Å²) in [4.78, 5) is 23.5. The molecule has 0 amide bonds. The van der Waals surface area contributed by atoms with Gasteiger partial charge >= 0.3 is 6.18 Å². The second-order valence-electron chi connectivity index (χ2n) is 5.55. The number of pyridine rings is 1. The third-order valence-electron chi connectivity index (χ3n) is 3.56. The minimum Gasteiger partial charge on any atom is -0.484 e. The van der Waals surface area contributed by atoms with E-state index in [-0.39, 0.29) is 27.7 Å². The minimum absolute atomic E-state index is 0.158. The number of rotatable bonds is 4. The lowest BCUT2D eigenvalue weighted by Crippen LogP contribution is -2.28. The van der Waals surface area contributed by atoms with Gasteiger partial charge in [-0.2, -0.15) is 18.4 Å². The van der Waals surface area contributed by atoms with Crippen molar-refractivity contribution >= 4 is 17.4 Å². The fraction of sp³-hybridized carbons (Fsp3) is 0.235. The maximum Gasteiger partial charge on any atom is 0.431 e. The average Bonchev–Trinajstić information content (AvgIpc) is 2.55. The number of hydrogen-bond donors (Lipinski definition) is 0. The van der Waals surface area contributed by atoms with E-state index >= 15 is 0 Å². The molecule has 0 spiro atoms. The van der Waals surface area contributed by atoms with E-state index in [4.69, 9.17) is 16.3 Å². The van der Waals surface area contributed by atoms with E-state index in [9.17, 15) is 32.4 Å². The molecule has 142 valence electrons. The van der Waals surface area contributed by atoms with E-state index < -0.39 is 39.9 Å². The Kier molecular flexibility index (Phi) is 5.61. The summed E-state index contributed by atoms with van der Waals surface area (Å²) in [5.41, 5.74) is -4.28. The summed E-state index contributed by atoms with van der Waals surface area (Å²) >= 11 is 5.83. The molecule has 1 aromatic heterocycles. The highest BCUT2D eigenvalue weighted by Crippen LogP contribution is 2.35. The average molecular weight is 403 g/mol. The number of nitrogens with zero attached hydrogens (tertiary/aromatic N) is 2. The maximum absolute atomic E-state index is 14.4. The van der Waals surface area contributed by atoms with Gasteiger partial charge in [0.15, 0.2) is 5.78 Å². The molecule has 0 radical (unpaired) electrons. The van der Waals surface area contributed by atoms with Crippen LogP contribution in [-0.4, -0.2) is 17.0 Å². The van der Waals surface area contributed by atoms with Gasteiger partial charge in [-0.1, -0.05) is 11.6 Å². The molecule has 0 saturated heterocycles. The molecule has 0 aliphatic heterocycles. The molecule has 0 saturated carbocycles. The Balaban J connectivity index is 2.77. The minimum atomic E-state index is -4.88. The SMILES string of the molecule is CC(=O)COc1cc(-c2c(C#N)cc(C(F)(F)F)n(C)c2=O)c(F)cc1Cl. The second kappa shape index (κ2) is 7.40. The third kappa shape index (κ3) is 4.11. The Morgan fingerprint density at radius 3 is 2.48 bits per heavy atom. The van der Waals surface area contributed by atoms with E-state index in [1.54, 1.807) is 0 Å². The quantitative estimate of drug-likeness (QED) is 0.731. The van der Waals surface area contributed by atoms with Crippen LogP contribution in [0.3, 0.4) is 0 Å². The zero-order valence-corrected chi connectivity index (χ0v) is 14.7. The molecule has 2 aromatic rings. The molecule has 1 aromatic carbocycles. The summed E-state index contributed by atoms with van der Waals surface area (Å²) in [5, 5.41) is 8.98. The summed E-state index contributed by atoms with van der Waals surface area (Å²) in [6, 6.07) is 3.68. The number of Topliss-reactive ketones (excluding diaryl/α,β-unsaturated/α-hetero) is 1. The first-order valence-corrected chi connectivity index (χ1v) is 7.68. The number of hydrogen-bond acceptors (Lipinski definition) is 4. The zero-order chi connectivity index (χ0) is 20.5. The molecule has 5 nitrogen and oxygen atoms in total. The van der Waals surface area contributed by atoms with E-state index in [0.29, 0.717) is 6.07 Å². The standard InChI is InChI=1S/C17H11ClF4N2O3/c1-8(25)7-27-13-4-10(12(19)5-11(13)18)15-9(6-23)3-14(17(20,21)22)24(2)16(15)26/h3-5H,7H2,1-2H3. The lowest BCUT2D eigenvalue weighted by atomic mass is 10.00. The van der Waals surface area contributed by atoms with Gasteiger partial charge < -0.3 is 9.30 Å². The first-order chi connectivity index (χ1) is 12.5. The topological polar surface area (TPSA) is 72.1 Å². The van der Waals surface area contributed by atoms with Crippen molar-refractivity contribution in [1.29, 1.82) is 5.26 Å². The highest BCUT2D eigenvalue weighted by Gasteiger charge is 2.35. The van der Waals surface area contributed by atoms with Crippen LogP contribution >= 0.6 is 11.6 Å². The highest BCUT2D eigenvalue weighted by atomic mass is 35.5. The molecule has 0 aliphatic carbocycles. The van der Waals surface area contributed by atoms with Crippen LogP contribution in [-0.2, 0) is 18.0 Å². The van der Waals surface area contributed by atoms with Gasteiger partial charge in [0.05, 0.1) is 16.1 Å². The molecule has 0 bridgehead atoms. The molecule has 0 atom stereocenters. The molecular weight excluding hydrogens is 392 g/mol. The predicted molar refractivity (Wildman–Crippen MR) is 88.0 cm³/mol. The van der Waals surface area contributed by atoms with Crippen molar-refractivity contribution in [2.45, 2.75) is 13.1 Å². The molecule has 2 rings (SSSR count). The fourth-order valence-electron chi connectivity index (χ4n) is 2.33. The van der Waals surface area contributed by atoms with E-state index in [0.717, 1.165) is 19.2 Å². The number of ketones is 1. The lowest BCUT2D eigenvalue weighted by Gasteiger charge is -2.16. The number of carbonyl (C=O) groups excluding carboxylic acids is 1. The Morgan fingerprint density at radius 1 is 1.33 bits per heavy atom. The molecule has 10 heteroatoms. The van der Waals surface area contributed by atoms with Gasteiger partial charge in [-0.15, -0.1) is 0 Å². The Morgan fingerprint density at radius 2 is 1.96 bits per heavy atom.